The maximum atomic E-state index is 13.7. The summed E-state index contributed by atoms with van der Waals surface area (Å²) in [6, 6.07) is 17.7. The molecule has 0 atom stereocenters. The predicted octanol–water partition coefficient (Wildman–Crippen LogP) is 3.56. The Morgan fingerprint density at radius 1 is 1.06 bits per heavy atom. The summed E-state index contributed by atoms with van der Waals surface area (Å²) in [6.07, 6.45) is 0. The molecule has 0 bridgehead atoms. The second kappa shape index (κ2) is 9.57. The lowest BCUT2D eigenvalue weighted by Gasteiger charge is -2.08. The standard InChI is InChI=1S/C23H18FN3O5S2/c1-32-21(28)14-27-19-12-9-16(24)13-20(19)33-23(27)25-22(29)15-7-10-17(11-8-15)26-34(30,31)18-5-3-2-4-6-18/h2-13,26H,14H2,1H3. The number of benzene rings is 3. The number of hydrogen-bond donors (Lipinski definition) is 1. The van der Waals surface area contributed by atoms with E-state index >= 15 is 0 Å². The summed E-state index contributed by atoms with van der Waals surface area (Å²) in [4.78, 5) is 29.1. The number of anilines is 1. The minimum absolute atomic E-state index is 0.113. The number of sulfonamides is 1. The Hall–Kier alpha value is -3.83. The summed E-state index contributed by atoms with van der Waals surface area (Å²) >= 11 is 1.06. The van der Waals surface area contributed by atoms with Crippen LogP contribution in [0, 0.1) is 5.82 Å². The molecule has 8 nitrogen and oxygen atoms in total. The molecule has 0 saturated heterocycles. The van der Waals surface area contributed by atoms with Crippen LogP contribution in [0.5, 0.6) is 0 Å². The van der Waals surface area contributed by atoms with E-state index in [9.17, 15) is 22.4 Å². The number of esters is 1. The molecule has 34 heavy (non-hydrogen) atoms. The van der Waals surface area contributed by atoms with E-state index in [1.54, 1.807) is 18.2 Å². The number of methoxy groups -OCH3 is 1. The normalized spacial score (nSPS) is 12.0. The first-order valence-corrected chi connectivity index (χ1v) is 12.2. The monoisotopic (exact) mass is 499 g/mol. The van der Waals surface area contributed by atoms with Crippen LogP contribution in [0.4, 0.5) is 10.1 Å². The summed E-state index contributed by atoms with van der Waals surface area (Å²) in [7, 11) is -2.52. The van der Waals surface area contributed by atoms with Crippen molar-refractivity contribution in [2.75, 3.05) is 11.8 Å². The molecule has 0 aliphatic carbocycles. The molecule has 0 aliphatic rings. The Morgan fingerprint density at radius 3 is 2.44 bits per heavy atom. The number of aromatic nitrogens is 1. The molecule has 4 rings (SSSR count). The lowest BCUT2D eigenvalue weighted by atomic mass is 10.2. The quantitative estimate of drug-likeness (QED) is 0.408. The third kappa shape index (κ3) is 5.05. The van der Waals surface area contributed by atoms with Gasteiger partial charge in [-0.1, -0.05) is 29.5 Å². The average Bonchev–Trinajstić information content (AvgIpc) is 3.15. The Kier molecular flexibility index (Phi) is 6.57. The molecule has 0 aliphatic heterocycles. The summed E-state index contributed by atoms with van der Waals surface area (Å²) in [5.41, 5.74) is 1.02. The number of fused-ring (bicyclic) bond motifs is 1. The summed E-state index contributed by atoms with van der Waals surface area (Å²) in [5.74, 6) is -1.61. The summed E-state index contributed by atoms with van der Waals surface area (Å²) < 4.78 is 47.7. The van der Waals surface area contributed by atoms with Crippen LogP contribution in [0.1, 0.15) is 10.4 Å². The minimum atomic E-state index is -3.77. The minimum Gasteiger partial charge on any atom is -0.468 e. The van der Waals surface area contributed by atoms with E-state index in [1.807, 2.05) is 0 Å². The maximum absolute atomic E-state index is 13.7. The fourth-order valence-electron chi connectivity index (χ4n) is 3.12. The first-order chi connectivity index (χ1) is 16.3. The zero-order valence-electron chi connectivity index (χ0n) is 17.8. The highest BCUT2D eigenvalue weighted by atomic mass is 32.2. The molecule has 4 aromatic rings. The third-order valence-corrected chi connectivity index (χ3v) is 7.23. The molecule has 1 aromatic heterocycles. The van der Waals surface area contributed by atoms with Crippen LogP contribution in [-0.2, 0) is 26.1 Å². The molecule has 0 saturated carbocycles. The molecule has 1 heterocycles. The van der Waals surface area contributed by atoms with Gasteiger partial charge in [-0.25, -0.2) is 12.8 Å². The number of hydrogen-bond acceptors (Lipinski definition) is 6. The lowest BCUT2D eigenvalue weighted by molar-refractivity contribution is -0.141. The highest BCUT2D eigenvalue weighted by molar-refractivity contribution is 7.92. The summed E-state index contributed by atoms with van der Waals surface area (Å²) in [5, 5.41) is 0. The van der Waals surface area contributed by atoms with Crippen LogP contribution in [0.25, 0.3) is 10.2 Å². The SMILES string of the molecule is COC(=O)Cn1c(=NC(=O)c2ccc(NS(=O)(=O)c3ccccc3)cc2)sc2cc(F)ccc21. The van der Waals surface area contributed by atoms with Gasteiger partial charge in [-0.15, -0.1) is 0 Å². The molecule has 0 unspecified atom stereocenters. The number of amides is 1. The van der Waals surface area contributed by atoms with Gasteiger partial charge in [-0.2, -0.15) is 4.99 Å². The molecule has 0 radical (unpaired) electrons. The van der Waals surface area contributed by atoms with Gasteiger partial charge in [0.15, 0.2) is 4.80 Å². The van der Waals surface area contributed by atoms with Crippen LogP contribution in [-0.4, -0.2) is 32.0 Å². The zero-order valence-corrected chi connectivity index (χ0v) is 19.4. The molecular weight excluding hydrogens is 481 g/mol. The topological polar surface area (TPSA) is 107 Å². The molecule has 1 N–H and O–H groups in total. The van der Waals surface area contributed by atoms with E-state index in [0.29, 0.717) is 10.2 Å². The third-order valence-electron chi connectivity index (χ3n) is 4.79. The van der Waals surface area contributed by atoms with Crippen LogP contribution < -0.4 is 9.52 Å². The zero-order chi connectivity index (χ0) is 24.3. The largest absolute Gasteiger partial charge is 0.468 e. The van der Waals surface area contributed by atoms with Crippen LogP contribution in [0.3, 0.4) is 0 Å². The van der Waals surface area contributed by atoms with E-state index in [0.717, 1.165) is 11.3 Å². The highest BCUT2D eigenvalue weighted by Gasteiger charge is 2.15. The van der Waals surface area contributed by atoms with E-state index in [-0.39, 0.29) is 27.5 Å². The van der Waals surface area contributed by atoms with Crippen molar-refractivity contribution in [1.29, 1.82) is 0 Å². The van der Waals surface area contributed by atoms with Gasteiger partial charge in [-0.3, -0.25) is 14.3 Å². The number of carbonyl (C=O) groups is 2. The number of thiazole rings is 1. The smallest absolute Gasteiger partial charge is 0.325 e. The Balaban J connectivity index is 1.63. The molecule has 11 heteroatoms. The fourth-order valence-corrected chi connectivity index (χ4v) is 5.26. The predicted molar refractivity (Wildman–Crippen MR) is 125 cm³/mol. The number of nitrogens with zero attached hydrogens (tertiary/aromatic N) is 2. The number of nitrogens with one attached hydrogen (secondary N) is 1. The van der Waals surface area contributed by atoms with Crippen molar-refractivity contribution in [2.24, 2.45) is 4.99 Å². The van der Waals surface area contributed by atoms with Gasteiger partial charge in [0, 0.05) is 11.3 Å². The van der Waals surface area contributed by atoms with Gasteiger partial charge in [0.1, 0.15) is 12.4 Å². The first-order valence-electron chi connectivity index (χ1n) is 9.89. The van der Waals surface area contributed by atoms with Crippen LogP contribution in [0.15, 0.2) is 82.7 Å². The van der Waals surface area contributed by atoms with Crippen molar-refractivity contribution in [3.8, 4) is 0 Å². The molecular formula is C23H18FN3O5S2. The van der Waals surface area contributed by atoms with Crippen molar-refractivity contribution in [1.82, 2.24) is 4.57 Å². The Bertz CT molecular complexity index is 1540. The number of rotatable bonds is 6. The second-order valence-electron chi connectivity index (χ2n) is 7.07. The number of ether oxygens (including phenoxy) is 1. The highest BCUT2D eigenvalue weighted by Crippen LogP contribution is 2.20. The fraction of sp³-hybridized carbons (Fsp3) is 0.0870. The molecule has 1 amide bonds. The van der Waals surface area contributed by atoms with Crippen molar-refractivity contribution in [3.63, 3.8) is 0 Å². The first kappa shape index (κ1) is 23.3. The number of carbonyl (C=O) groups excluding carboxylic acids is 2. The van der Waals surface area contributed by atoms with Gasteiger partial charge in [0.25, 0.3) is 15.9 Å². The van der Waals surface area contributed by atoms with Crippen molar-refractivity contribution < 1.29 is 27.1 Å². The van der Waals surface area contributed by atoms with E-state index in [2.05, 4.69) is 9.71 Å². The Morgan fingerprint density at radius 2 is 1.76 bits per heavy atom. The van der Waals surface area contributed by atoms with Crippen LogP contribution >= 0.6 is 11.3 Å². The van der Waals surface area contributed by atoms with E-state index < -0.39 is 27.7 Å². The molecule has 3 aromatic carbocycles. The Labute approximate surface area is 198 Å². The second-order valence-corrected chi connectivity index (χ2v) is 9.76. The number of halogens is 1. The maximum Gasteiger partial charge on any atom is 0.325 e. The molecule has 174 valence electrons. The van der Waals surface area contributed by atoms with E-state index in [4.69, 9.17) is 4.74 Å². The van der Waals surface area contributed by atoms with Gasteiger partial charge in [-0.05, 0) is 54.6 Å². The molecule has 0 fully saturated rings. The van der Waals surface area contributed by atoms with Crippen molar-refractivity contribution in [3.05, 3.63) is 89.0 Å². The van der Waals surface area contributed by atoms with Crippen molar-refractivity contribution in [2.45, 2.75) is 11.4 Å². The van der Waals surface area contributed by atoms with E-state index in [1.165, 1.54) is 66.3 Å². The van der Waals surface area contributed by atoms with Crippen molar-refractivity contribution >= 4 is 49.1 Å². The summed E-state index contributed by atoms with van der Waals surface area (Å²) in [6.45, 7) is -0.200. The van der Waals surface area contributed by atoms with Gasteiger partial charge in [0.05, 0.1) is 22.2 Å². The molecule has 0 spiro atoms. The average molecular weight is 500 g/mol. The van der Waals surface area contributed by atoms with Gasteiger partial charge >= 0.3 is 5.97 Å². The lowest BCUT2D eigenvalue weighted by Crippen LogP contribution is -2.22. The van der Waals surface area contributed by atoms with Crippen LogP contribution in [0.2, 0.25) is 0 Å². The van der Waals surface area contributed by atoms with Gasteiger partial charge in [0.2, 0.25) is 0 Å². The van der Waals surface area contributed by atoms with Gasteiger partial charge < -0.3 is 9.30 Å².